The van der Waals surface area contributed by atoms with Gasteiger partial charge in [0.15, 0.2) is 5.75 Å². The van der Waals surface area contributed by atoms with Crippen molar-refractivity contribution in [1.29, 1.82) is 0 Å². The highest BCUT2D eigenvalue weighted by atomic mass is 35.5. The summed E-state index contributed by atoms with van der Waals surface area (Å²) in [6, 6.07) is 9.81. The van der Waals surface area contributed by atoms with Crippen LogP contribution in [0.15, 0.2) is 36.4 Å². The Morgan fingerprint density at radius 1 is 1.00 bits per heavy atom. The summed E-state index contributed by atoms with van der Waals surface area (Å²) in [5, 5.41) is 0.658. The van der Waals surface area contributed by atoms with Crippen LogP contribution in [0.1, 0.15) is 5.56 Å². The van der Waals surface area contributed by atoms with Crippen LogP contribution in [-0.2, 0) is 11.3 Å². The van der Waals surface area contributed by atoms with Crippen LogP contribution < -0.4 is 9.47 Å². The number of rotatable bonds is 4. The van der Waals surface area contributed by atoms with E-state index in [1.807, 2.05) is 0 Å². The van der Waals surface area contributed by atoms with E-state index < -0.39 is 6.16 Å². The quantitative estimate of drug-likeness (QED) is 0.417. The van der Waals surface area contributed by atoms with Gasteiger partial charge in [0.25, 0.3) is 0 Å². The zero-order chi connectivity index (χ0) is 16.1. The lowest BCUT2D eigenvalue weighted by atomic mass is 10.2. The van der Waals surface area contributed by atoms with Crippen molar-refractivity contribution >= 4 is 41.0 Å². The van der Waals surface area contributed by atoms with Gasteiger partial charge in [-0.15, -0.1) is 0 Å². The SMILES string of the molecule is COc1ccc(COC(=O)Oc2cc(Cl)c(Cl)cc2Cl)cc1. The summed E-state index contributed by atoms with van der Waals surface area (Å²) in [5.41, 5.74) is 0.790. The van der Waals surface area contributed by atoms with Crippen LogP contribution >= 0.6 is 34.8 Å². The molecule has 2 aromatic carbocycles. The van der Waals surface area contributed by atoms with Gasteiger partial charge >= 0.3 is 6.16 Å². The largest absolute Gasteiger partial charge is 0.514 e. The maximum atomic E-state index is 11.7. The predicted octanol–water partition coefficient (Wildman–Crippen LogP) is 5.37. The molecule has 0 fully saturated rings. The molecule has 2 rings (SSSR count). The highest BCUT2D eigenvalue weighted by molar-refractivity contribution is 6.43. The maximum absolute atomic E-state index is 11.7. The van der Waals surface area contributed by atoms with Crippen LogP contribution in [0.25, 0.3) is 0 Å². The number of carbonyl (C=O) groups excluding carboxylic acids is 1. The summed E-state index contributed by atoms with van der Waals surface area (Å²) >= 11 is 17.5. The van der Waals surface area contributed by atoms with E-state index in [0.717, 1.165) is 5.56 Å². The molecule has 0 bridgehead atoms. The van der Waals surface area contributed by atoms with Crippen molar-refractivity contribution in [1.82, 2.24) is 0 Å². The third kappa shape index (κ3) is 4.44. The summed E-state index contributed by atoms with van der Waals surface area (Å²) in [7, 11) is 1.57. The van der Waals surface area contributed by atoms with Crippen molar-refractivity contribution in [3.63, 3.8) is 0 Å². The van der Waals surface area contributed by atoms with Crippen LogP contribution in [0.5, 0.6) is 11.5 Å². The lowest BCUT2D eigenvalue weighted by Crippen LogP contribution is -2.10. The average Bonchev–Trinajstić information content (AvgIpc) is 2.51. The molecule has 0 saturated carbocycles. The topological polar surface area (TPSA) is 44.8 Å². The molecule has 0 unspecified atom stereocenters. The molecule has 116 valence electrons. The predicted molar refractivity (Wildman–Crippen MR) is 85.3 cm³/mol. The number of halogens is 3. The first-order valence-corrected chi connectivity index (χ1v) is 7.25. The third-order valence-corrected chi connectivity index (χ3v) is 3.70. The Hall–Kier alpha value is -1.62. The van der Waals surface area contributed by atoms with Crippen LogP contribution in [0.4, 0.5) is 4.79 Å². The fourth-order valence-electron chi connectivity index (χ4n) is 1.57. The minimum Gasteiger partial charge on any atom is -0.497 e. The summed E-state index contributed by atoms with van der Waals surface area (Å²) in [6.07, 6.45) is -0.892. The first kappa shape index (κ1) is 16.7. The second kappa shape index (κ2) is 7.58. The van der Waals surface area contributed by atoms with E-state index in [2.05, 4.69) is 0 Å². The van der Waals surface area contributed by atoms with Crippen molar-refractivity contribution in [2.45, 2.75) is 6.61 Å². The van der Waals surface area contributed by atoms with Gasteiger partial charge in [-0.25, -0.2) is 4.79 Å². The van der Waals surface area contributed by atoms with E-state index >= 15 is 0 Å². The minimum atomic E-state index is -0.892. The molecule has 0 aliphatic carbocycles. The lowest BCUT2D eigenvalue weighted by molar-refractivity contribution is 0.0928. The van der Waals surface area contributed by atoms with Crippen molar-refractivity contribution < 1.29 is 19.0 Å². The Balaban J connectivity index is 1.94. The Morgan fingerprint density at radius 2 is 1.64 bits per heavy atom. The van der Waals surface area contributed by atoms with Crippen molar-refractivity contribution in [2.24, 2.45) is 0 Å². The zero-order valence-electron chi connectivity index (χ0n) is 11.4. The second-order valence-electron chi connectivity index (χ2n) is 4.19. The molecular weight excluding hydrogens is 351 g/mol. The molecule has 7 heteroatoms. The van der Waals surface area contributed by atoms with Crippen molar-refractivity contribution in [3.05, 3.63) is 57.0 Å². The van der Waals surface area contributed by atoms with E-state index in [-0.39, 0.29) is 27.4 Å². The molecule has 0 N–H and O–H groups in total. The number of carbonyl (C=O) groups is 1. The maximum Gasteiger partial charge on any atom is 0.514 e. The van der Waals surface area contributed by atoms with Crippen molar-refractivity contribution in [2.75, 3.05) is 7.11 Å². The first-order valence-electron chi connectivity index (χ1n) is 6.11. The number of methoxy groups -OCH3 is 1. The van der Waals surface area contributed by atoms with Crippen molar-refractivity contribution in [3.8, 4) is 11.5 Å². The Labute approximate surface area is 142 Å². The summed E-state index contributed by atoms with van der Waals surface area (Å²) < 4.78 is 15.0. The molecule has 0 radical (unpaired) electrons. The molecule has 2 aromatic rings. The van der Waals surface area contributed by atoms with E-state index in [1.165, 1.54) is 12.1 Å². The molecule has 0 saturated heterocycles. The van der Waals surface area contributed by atoms with Crippen LogP contribution in [0.2, 0.25) is 15.1 Å². The number of hydrogen-bond acceptors (Lipinski definition) is 4. The molecule has 0 heterocycles. The number of hydrogen-bond donors (Lipinski definition) is 0. The van der Waals surface area contributed by atoms with Crippen LogP contribution in [0.3, 0.4) is 0 Å². The molecular formula is C15H11Cl3O4. The minimum absolute atomic E-state index is 0.0573. The van der Waals surface area contributed by atoms with Gasteiger partial charge in [0.2, 0.25) is 0 Å². The van der Waals surface area contributed by atoms with E-state index in [9.17, 15) is 4.79 Å². The number of benzene rings is 2. The lowest BCUT2D eigenvalue weighted by Gasteiger charge is -2.08. The van der Waals surface area contributed by atoms with E-state index in [0.29, 0.717) is 5.75 Å². The summed E-state index contributed by atoms with van der Waals surface area (Å²) in [4.78, 5) is 11.7. The molecule has 0 amide bonds. The Morgan fingerprint density at radius 3 is 2.27 bits per heavy atom. The fraction of sp³-hybridized carbons (Fsp3) is 0.133. The molecule has 22 heavy (non-hydrogen) atoms. The van der Waals surface area contributed by atoms with Gasteiger partial charge in [0, 0.05) is 6.07 Å². The van der Waals surface area contributed by atoms with Gasteiger partial charge in [-0.3, -0.25) is 0 Å². The molecule has 0 aliphatic rings. The van der Waals surface area contributed by atoms with E-state index in [4.69, 9.17) is 49.0 Å². The van der Waals surface area contributed by atoms with Gasteiger partial charge in [-0.2, -0.15) is 0 Å². The molecule has 0 spiro atoms. The number of ether oxygens (including phenoxy) is 3. The average molecular weight is 362 g/mol. The fourth-order valence-corrected chi connectivity index (χ4v) is 2.14. The summed E-state index contributed by atoms with van der Waals surface area (Å²) in [5.74, 6) is 0.796. The van der Waals surface area contributed by atoms with Gasteiger partial charge in [-0.05, 0) is 23.8 Å². The molecule has 0 aliphatic heterocycles. The standard InChI is InChI=1S/C15H11Cl3O4/c1-20-10-4-2-9(3-5-10)8-21-15(19)22-14-7-12(17)11(16)6-13(14)18/h2-7H,8H2,1H3. The molecule has 0 atom stereocenters. The summed E-state index contributed by atoms with van der Waals surface area (Å²) in [6.45, 7) is 0.0573. The molecule has 4 nitrogen and oxygen atoms in total. The van der Waals surface area contributed by atoms with Gasteiger partial charge in [-0.1, -0.05) is 46.9 Å². The van der Waals surface area contributed by atoms with Crippen LogP contribution in [0, 0.1) is 0 Å². The van der Waals surface area contributed by atoms with E-state index in [1.54, 1.807) is 31.4 Å². The normalized spacial score (nSPS) is 10.2. The smallest absolute Gasteiger partial charge is 0.497 e. The second-order valence-corrected chi connectivity index (χ2v) is 5.41. The monoisotopic (exact) mass is 360 g/mol. The Bertz CT molecular complexity index is 671. The van der Waals surface area contributed by atoms with Gasteiger partial charge in [0.1, 0.15) is 12.4 Å². The zero-order valence-corrected chi connectivity index (χ0v) is 13.7. The Kier molecular flexibility index (Phi) is 5.77. The first-order chi connectivity index (χ1) is 10.5. The highest BCUT2D eigenvalue weighted by Crippen LogP contribution is 2.34. The van der Waals surface area contributed by atoms with Gasteiger partial charge in [0.05, 0.1) is 22.2 Å². The van der Waals surface area contributed by atoms with Crippen LogP contribution in [-0.4, -0.2) is 13.3 Å². The highest BCUT2D eigenvalue weighted by Gasteiger charge is 2.12. The third-order valence-electron chi connectivity index (χ3n) is 2.68. The van der Waals surface area contributed by atoms with Gasteiger partial charge < -0.3 is 14.2 Å². The molecule has 0 aromatic heterocycles.